The van der Waals surface area contributed by atoms with Crippen LogP contribution < -0.4 is 10.6 Å². The number of hydrogen-bond donors (Lipinski definition) is 2. The number of carbonyl (C=O) groups excluding carboxylic acids is 1. The van der Waals surface area contributed by atoms with Crippen molar-refractivity contribution in [1.29, 1.82) is 0 Å². The van der Waals surface area contributed by atoms with E-state index in [2.05, 4.69) is 31.5 Å². The average molecular weight is 333 g/mol. The van der Waals surface area contributed by atoms with Crippen molar-refractivity contribution < 1.29 is 4.79 Å². The average Bonchev–Trinajstić information content (AvgIpc) is 2.91. The molecule has 18 heavy (non-hydrogen) atoms. The van der Waals surface area contributed by atoms with Crippen molar-refractivity contribution in [3.63, 3.8) is 0 Å². The molecule has 1 aromatic rings. The summed E-state index contributed by atoms with van der Waals surface area (Å²) in [6.45, 7) is 1.94. The fraction of sp³-hybridized carbons (Fsp3) is 0.500. The molecule has 1 aromatic heterocycles. The first-order valence-corrected chi connectivity index (χ1v) is 6.63. The molecule has 1 aliphatic carbocycles. The van der Waals surface area contributed by atoms with Crippen LogP contribution in [0.25, 0.3) is 0 Å². The SMILES string of the molecule is Cc1ccc(Br)nc1NC(=O)[C@@H]1C[C@H]2C[C@H]2N1.Cl. The molecule has 3 atom stereocenters. The Labute approximate surface area is 120 Å². The number of nitrogens with zero attached hydrogens (tertiary/aromatic N) is 1. The number of aryl methyl sites for hydroxylation is 1. The first-order valence-electron chi connectivity index (χ1n) is 5.83. The van der Waals surface area contributed by atoms with E-state index in [1.54, 1.807) is 0 Å². The Morgan fingerprint density at radius 2 is 2.28 bits per heavy atom. The molecule has 1 amide bonds. The second-order valence-corrected chi connectivity index (χ2v) is 5.66. The third-order valence-electron chi connectivity index (χ3n) is 3.50. The van der Waals surface area contributed by atoms with Crippen LogP contribution in [0.3, 0.4) is 0 Å². The molecule has 2 fully saturated rings. The van der Waals surface area contributed by atoms with Crippen molar-refractivity contribution in [3.8, 4) is 0 Å². The van der Waals surface area contributed by atoms with Gasteiger partial charge in [0.05, 0.1) is 6.04 Å². The molecule has 1 saturated heterocycles. The van der Waals surface area contributed by atoms with Gasteiger partial charge < -0.3 is 10.6 Å². The van der Waals surface area contributed by atoms with E-state index in [1.807, 2.05) is 19.1 Å². The normalized spacial score (nSPS) is 28.2. The molecule has 0 unspecified atom stereocenters. The van der Waals surface area contributed by atoms with E-state index in [-0.39, 0.29) is 24.4 Å². The van der Waals surface area contributed by atoms with Gasteiger partial charge in [0.15, 0.2) is 0 Å². The zero-order valence-electron chi connectivity index (χ0n) is 9.94. The summed E-state index contributed by atoms with van der Waals surface area (Å²) in [5, 5.41) is 6.22. The van der Waals surface area contributed by atoms with Gasteiger partial charge in [0.1, 0.15) is 10.4 Å². The Kier molecular flexibility index (Phi) is 3.94. The number of anilines is 1. The van der Waals surface area contributed by atoms with Crippen LogP contribution in [-0.2, 0) is 4.79 Å². The maximum absolute atomic E-state index is 12.0. The standard InChI is InChI=1S/C12H14BrN3O.ClH/c1-6-2-3-10(13)15-11(6)16-12(17)9-5-7-4-8(7)14-9;/h2-3,7-9,14H,4-5H2,1H3,(H,15,16,17);1H/t7-,8-,9+;/m1./s1. The summed E-state index contributed by atoms with van der Waals surface area (Å²) in [6.07, 6.45) is 2.20. The summed E-state index contributed by atoms with van der Waals surface area (Å²) < 4.78 is 0.737. The van der Waals surface area contributed by atoms with Gasteiger partial charge in [-0.25, -0.2) is 4.98 Å². The number of piperidine rings is 1. The molecule has 1 aliphatic heterocycles. The number of hydrogen-bond acceptors (Lipinski definition) is 3. The Balaban J connectivity index is 0.00000120. The van der Waals surface area contributed by atoms with Crippen LogP contribution in [0.1, 0.15) is 18.4 Å². The number of fused-ring (bicyclic) bond motifs is 1. The van der Waals surface area contributed by atoms with Gasteiger partial charge in [0, 0.05) is 6.04 Å². The predicted octanol–water partition coefficient (Wildman–Crippen LogP) is 2.26. The maximum Gasteiger partial charge on any atom is 0.242 e. The van der Waals surface area contributed by atoms with Crippen molar-refractivity contribution in [1.82, 2.24) is 10.3 Å². The van der Waals surface area contributed by atoms with Crippen LogP contribution >= 0.6 is 28.3 Å². The number of nitrogens with one attached hydrogen (secondary N) is 2. The van der Waals surface area contributed by atoms with E-state index in [9.17, 15) is 4.79 Å². The van der Waals surface area contributed by atoms with Gasteiger partial charge in [0.25, 0.3) is 0 Å². The molecule has 2 N–H and O–H groups in total. The summed E-state index contributed by atoms with van der Waals surface area (Å²) in [5.74, 6) is 1.40. The highest BCUT2D eigenvalue weighted by Crippen LogP contribution is 2.40. The van der Waals surface area contributed by atoms with Crippen LogP contribution in [0.4, 0.5) is 5.82 Å². The molecule has 98 valence electrons. The van der Waals surface area contributed by atoms with Crippen molar-refractivity contribution in [3.05, 3.63) is 22.3 Å². The van der Waals surface area contributed by atoms with Gasteiger partial charge in [-0.3, -0.25) is 4.79 Å². The monoisotopic (exact) mass is 331 g/mol. The first-order chi connectivity index (χ1) is 8.13. The minimum atomic E-state index is -0.0427. The number of pyridine rings is 1. The summed E-state index contributed by atoms with van der Waals surface area (Å²) >= 11 is 3.31. The highest BCUT2D eigenvalue weighted by Gasteiger charge is 2.47. The third-order valence-corrected chi connectivity index (χ3v) is 3.94. The van der Waals surface area contributed by atoms with Crippen LogP contribution in [0.5, 0.6) is 0 Å². The van der Waals surface area contributed by atoms with Crippen LogP contribution in [-0.4, -0.2) is 23.0 Å². The van der Waals surface area contributed by atoms with Gasteiger partial charge in [-0.05, 0) is 53.2 Å². The fourth-order valence-corrected chi connectivity index (χ4v) is 2.67. The third kappa shape index (κ3) is 2.68. The van der Waals surface area contributed by atoms with Crippen molar-refractivity contribution in [2.75, 3.05) is 5.32 Å². The lowest BCUT2D eigenvalue weighted by molar-refractivity contribution is -0.118. The number of halogens is 2. The largest absolute Gasteiger partial charge is 0.309 e. The zero-order chi connectivity index (χ0) is 12.0. The minimum Gasteiger partial charge on any atom is -0.309 e. The quantitative estimate of drug-likeness (QED) is 0.817. The second-order valence-electron chi connectivity index (χ2n) is 4.85. The summed E-state index contributed by atoms with van der Waals surface area (Å²) in [4.78, 5) is 16.3. The van der Waals surface area contributed by atoms with Crippen molar-refractivity contribution in [2.24, 2.45) is 5.92 Å². The van der Waals surface area contributed by atoms with Crippen molar-refractivity contribution in [2.45, 2.75) is 31.8 Å². The Morgan fingerprint density at radius 1 is 1.50 bits per heavy atom. The number of aromatic nitrogens is 1. The lowest BCUT2D eigenvalue weighted by atomic mass is 10.1. The lowest BCUT2D eigenvalue weighted by Gasteiger charge is -2.14. The summed E-state index contributed by atoms with van der Waals surface area (Å²) in [5.41, 5.74) is 0.977. The Bertz CT molecular complexity index is 472. The van der Waals surface area contributed by atoms with Gasteiger partial charge in [-0.15, -0.1) is 12.4 Å². The molecular weight excluding hydrogens is 318 g/mol. The molecule has 1 saturated carbocycles. The molecule has 0 aromatic carbocycles. The van der Waals surface area contributed by atoms with E-state index in [4.69, 9.17) is 0 Å². The maximum atomic E-state index is 12.0. The number of carbonyl (C=O) groups is 1. The topological polar surface area (TPSA) is 54.0 Å². The smallest absolute Gasteiger partial charge is 0.242 e. The molecule has 0 radical (unpaired) electrons. The molecule has 0 bridgehead atoms. The van der Waals surface area contributed by atoms with Crippen LogP contribution in [0.2, 0.25) is 0 Å². The number of rotatable bonds is 2. The Hall–Kier alpha value is -0.650. The lowest BCUT2D eigenvalue weighted by Crippen LogP contribution is -2.38. The molecule has 2 heterocycles. The minimum absolute atomic E-state index is 0. The summed E-state index contributed by atoms with van der Waals surface area (Å²) in [7, 11) is 0. The molecular formula is C12H15BrClN3O. The first kappa shape index (κ1) is 13.8. The number of amides is 1. The highest BCUT2D eigenvalue weighted by molar-refractivity contribution is 9.10. The van der Waals surface area contributed by atoms with E-state index in [0.717, 1.165) is 22.5 Å². The second kappa shape index (κ2) is 5.15. The summed E-state index contributed by atoms with van der Waals surface area (Å²) in [6, 6.07) is 4.35. The van der Waals surface area contributed by atoms with E-state index in [1.165, 1.54) is 6.42 Å². The molecule has 2 aliphatic rings. The van der Waals surface area contributed by atoms with Crippen molar-refractivity contribution >= 4 is 40.1 Å². The van der Waals surface area contributed by atoms with Crippen LogP contribution in [0.15, 0.2) is 16.7 Å². The van der Waals surface area contributed by atoms with Gasteiger partial charge in [0.2, 0.25) is 5.91 Å². The van der Waals surface area contributed by atoms with Gasteiger partial charge >= 0.3 is 0 Å². The van der Waals surface area contributed by atoms with Gasteiger partial charge in [-0.2, -0.15) is 0 Å². The molecule has 4 nitrogen and oxygen atoms in total. The molecule has 6 heteroatoms. The zero-order valence-corrected chi connectivity index (χ0v) is 12.3. The fourth-order valence-electron chi connectivity index (χ4n) is 2.36. The van der Waals surface area contributed by atoms with Crippen LogP contribution in [0, 0.1) is 12.8 Å². The Morgan fingerprint density at radius 3 is 2.94 bits per heavy atom. The molecule has 0 spiro atoms. The van der Waals surface area contributed by atoms with E-state index in [0.29, 0.717) is 11.9 Å². The van der Waals surface area contributed by atoms with E-state index >= 15 is 0 Å². The highest BCUT2D eigenvalue weighted by atomic mass is 79.9. The van der Waals surface area contributed by atoms with Gasteiger partial charge in [-0.1, -0.05) is 6.07 Å². The molecule has 3 rings (SSSR count). The predicted molar refractivity (Wildman–Crippen MR) is 76.0 cm³/mol. The van der Waals surface area contributed by atoms with E-state index < -0.39 is 0 Å².